The SMILES string of the molecule is COc1cc(OCCO)cc(N(I)C(C(=O)c2c[nH]c3cc(OC)c(OC(F)(F)F)cc23)c2ccc(F)cc2OC)c1. The number of carbonyl (C=O) groups excluding carboxylic acids is 1. The maximum Gasteiger partial charge on any atom is 0.573 e. The highest BCUT2D eigenvalue weighted by molar-refractivity contribution is 14.1. The highest BCUT2D eigenvalue weighted by atomic mass is 127. The Kier molecular flexibility index (Phi) is 9.56. The van der Waals surface area contributed by atoms with Gasteiger partial charge in [-0.2, -0.15) is 0 Å². The van der Waals surface area contributed by atoms with Crippen molar-refractivity contribution in [3.63, 3.8) is 0 Å². The van der Waals surface area contributed by atoms with Gasteiger partial charge in [-0.05, 0) is 18.2 Å². The Hall–Kier alpha value is -3.92. The predicted octanol–water partition coefficient (Wildman–Crippen LogP) is 6.38. The first kappa shape index (κ1) is 31.0. The van der Waals surface area contributed by atoms with Crippen LogP contribution in [-0.4, -0.2) is 56.8 Å². The third-order valence-corrected chi connectivity index (χ3v) is 7.24. The second kappa shape index (κ2) is 12.9. The van der Waals surface area contributed by atoms with E-state index in [1.807, 2.05) is 22.9 Å². The lowest BCUT2D eigenvalue weighted by Gasteiger charge is -2.29. The number of halogens is 5. The summed E-state index contributed by atoms with van der Waals surface area (Å²) in [6.07, 6.45) is -3.65. The lowest BCUT2D eigenvalue weighted by Crippen LogP contribution is -2.27. The lowest BCUT2D eigenvalue weighted by atomic mass is 9.95. The molecule has 0 bridgehead atoms. The Bertz CT molecular complexity index is 1580. The molecule has 1 aromatic heterocycles. The number of hydrogen-bond donors (Lipinski definition) is 2. The third-order valence-electron chi connectivity index (χ3n) is 6.13. The number of aliphatic hydroxyl groups excluding tert-OH is 1. The summed E-state index contributed by atoms with van der Waals surface area (Å²) < 4.78 is 80.7. The van der Waals surface area contributed by atoms with Crippen molar-refractivity contribution in [3.05, 3.63) is 71.7 Å². The number of nitrogens with one attached hydrogen (secondary N) is 1. The van der Waals surface area contributed by atoms with Gasteiger partial charge in [0.15, 0.2) is 17.3 Å². The Morgan fingerprint density at radius 1 is 0.976 bits per heavy atom. The van der Waals surface area contributed by atoms with E-state index in [9.17, 15) is 27.5 Å². The van der Waals surface area contributed by atoms with Crippen LogP contribution < -0.4 is 26.8 Å². The molecule has 0 saturated carbocycles. The van der Waals surface area contributed by atoms with Crippen molar-refractivity contribution in [3.8, 4) is 28.7 Å². The van der Waals surface area contributed by atoms with Gasteiger partial charge >= 0.3 is 6.36 Å². The molecule has 0 aliphatic rings. The minimum atomic E-state index is -5.01. The number of carbonyl (C=O) groups is 1. The van der Waals surface area contributed by atoms with Crippen LogP contribution in [0.3, 0.4) is 0 Å². The number of ketones is 1. The van der Waals surface area contributed by atoms with Crippen molar-refractivity contribution in [1.29, 1.82) is 0 Å². The lowest BCUT2D eigenvalue weighted by molar-refractivity contribution is -0.275. The van der Waals surface area contributed by atoms with Crippen molar-refractivity contribution in [2.45, 2.75) is 12.4 Å². The molecule has 4 rings (SSSR count). The second-order valence-electron chi connectivity index (χ2n) is 8.70. The quantitative estimate of drug-likeness (QED) is 0.0759. The molecular weight excluding hydrogens is 679 g/mol. The summed E-state index contributed by atoms with van der Waals surface area (Å²) in [6.45, 7) is -0.233. The molecule has 1 unspecified atom stereocenters. The van der Waals surface area contributed by atoms with Crippen LogP contribution in [0.5, 0.6) is 28.7 Å². The Morgan fingerprint density at radius 3 is 2.33 bits per heavy atom. The van der Waals surface area contributed by atoms with E-state index in [0.29, 0.717) is 22.7 Å². The number of hydrogen-bond acceptors (Lipinski definition) is 8. The van der Waals surface area contributed by atoms with Crippen LogP contribution >= 0.6 is 22.9 Å². The van der Waals surface area contributed by atoms with Gasteiger partial charge in [0.25, 0.3) is 0 Å². The molecule has 1 heterocycles. The van der Waals surface area contributed by atoms with Crippen LogP contribution in [0, 0.1) is 5.82 Å². The number of nitrogens with zero attached hydrogens (tertiary/aromatic N) is 1. The van der Waals surface area contributed by atoms with Gasteiger partial charge in [0, 0.05) is 53.0 Å². The van der Waals surface area contributed by atoms with Gasteiger partial charge in [0.2, 0.25) is 0 Å². The fourth-order valence-electron chi connectivity index (χ4n) is 4.32. The Balaban J connectivity index is 1.89. The summed E-state index contributed by atoms with van der Waals surface area (Å²) in [5, 5.41) is 9.32. The fourth-order valence-corrected chi connectivity index (χ4v) is 5.15. The molecule has 14 heteroatoms. The minimum Gasteiger partial charge on any atom is -0.497 e. The fraction of sp³-hybridized carbons (Fsp3) is 0.250. The molecule has 0 aliphatic heterocycles. The standard InChI is InChI=1S/C28H25F4IN2O7/c1-38-17-9-16(10-18(11-17)41-7-6-36)35(33)26(19-5-4-15(29)8-23(19)39-2)27(37)21-14-34-22-13-24(40-3)25(12-20(21)22)42-28(30,31)32/h4-5,8-14,26,34,36H,6-7H2,1-3H3. The zero-order valence-corrected chi connectivity index (χ0v) is 24.6. The zero-order valence-electron chi connectivity index (χ0n) is 22.4. The molecule has 3 aromatic carbocycles. The van der Waals surface area contributed by atoms with Crippen LogP contribution in [0.25, 0.3) is 10.9 Å². The first-order chi connectivity index (χ1) is 20.0. The predicted molar refractivity (Wildman–Crippen MR) is 154 cm³/mol. The zero-order chi connectivity index (χ0) is 30.6. The summed E-state index contributed by atoms with van der Waals surface area (Å²) in [7, 11) is 3.96. The number of aromatic nitrogens is 1. The van der Waals surface area contributed by atoms with Gasteiger partial charge in [-0.1, -0.05) is 0 Å². The van der Waals surface area contributed by atoms with E-state index in [4.69, 9.17) is 18.9 Å². The van der Waals surface area contributed by atoms with Crippen LogP contribution in [0.2, 0.25) is 0 Å². The summed E-state index contributed by atoms with van der Waals surface area (Å²) in [4.78, 5) is 17.2. The van der Waals surface area contributed by atoms with E-state index >= 15 is 0 Å². The van der Waals surface area contributed by atoms with Crippen molar-refractivity contribution >= 4 is 45.2 Å². The molecular formula is C28H25F4IN2O7. The van der Waals surface area contributed by atoms with Gasteiger partial charge in [0.05, 0.1) is 62.0 Å². The molecule has 224 valence electrons. The maximum absolute atomic E-state index is 14.3. The van der Waals surface area contributed by atoms with E-state index in [-0.39, 0.29) is 41.2 Å². The maximum atomic E-state index is 14.3. The minimum absolute atomic E-state index is 0.00310. The normalized spacial score (nSPS) is 12.1. The number of Topliss-reactive ketones (excluding diaryl/α,β-unsaturated/α-hetero) is 1. The number of fused-ring (bicyclic) bond motifs is 1. The summed E-state index contributed by atoms with van der Waals surface area (Å²) in [5.41, 5.74) is 1.04. The van der Waals surface area contributed by atoms with Crippen LogP contribution in [0.4, 0.5) is 23.2 Å². The third kappa shape index (κ3) is 6.75. The van der Waals surface area contributed by atoms with Crippen molar-refractivity contribution in [2.75, 3.05) is 37.7 Å². The first-order valence-electron chi connectivity index (χ1n) is 12.2. The number of benzene rings is 3. The van der Waals surface area contributed by atoms with Crippen LogP contribution in [0.15, 0.2) is 54.7 Å². The second-order valence-corrected chi connectivity index (χ2v) is 9.74. The van der Waals surface area contributed by atoms with Crippen molar-refractivity contribution in [2.24, 2.45) is 0 Å². The van der Waals surface area contributed by atoms with E-state index < -0.39 is 29.8 Å². The number of rotatable bonds is 12. The van der Waals surface area contributed by atoms with Gasteiger partial charge in [-0.15, -0.1) is 13.2 Å². The number of ether oxygens (including phenoxy) is 5. The number of methoxy groups -OCH3 is 3. The summed E-state index contributed by atoms with van der Waals surface area (Å²) in [6, 6.07) is 9.67. The molecule has 9 nitrogen and oxygen atoms in total. The van der Waals surface area contributed by atoms with Crippen molar-refractivity contribution < 1.29 is 51.1 Å². The average molecular weight is 704 g/mol. The first-order valence-corrected chi connectivity index (χ1v) is 13.2. The van der Waals surface area contributed by atoms with Crippen LogP contribution in [-0.2, 0) is 0 Å². The molecule has 0 spiro atoms. The molecule has 0 fully saturated rings. The summed E-state index contributed by atoms with van der Waals surface area (Å²) in [5.74, 6) is -1.21. The van der Waals surface area contributed by atoms with E-state index in [2.05, 4.69) is 9.72 Å². The molecule has 2 N–H and O–H groups in total. The van der Waals surface area contributed by atoms with Gasteiger partial charge in [0.1, 0.15) is 35.7 Å². The molecule has 42 heavy (non-hydrogen) atoms. The van der Waals surface area contributed by atoms with Gasteiger partial charge in [-0.3, -0.25) is 7.91 Å². The monoisotopic (exact) mass is 704 g/mol. The van der Waals surface area contributed by atoms with Gasteiger partial charge < -0.3 is 33.8 Å². The van der Waals surface area contributed by atoms with E-state index in [0.717, 1.165) is 12.1 Å². The van der Waals surface area contributed by atoms with Crippen LogP contribution in [0.1, 0.15) is 22.0 Å². The van der Waals surface area contributed by atoms with Crippen molar-refractivity contribution in [1.82, 2.24) is 4.98 Å². The molecule has 0 saturated heterocycles. The Labute approximate surface area is 251 Å². The topological polar surface area (TPSA) is 102 Å². The Morgan fingerprint density at radius 2 is 1.69 bits per heavy atom. The van der Waals surface area contributed by atoms with E-state index in [1.165, 1.54) is 45.7 Å². The molecule has 0 radical (unpaired) electrons. The number of alkyl halides is 3. The number of H-pyrrole nitrogens is 1. The highest BCUT2D eigenvalue weighted by Gasteiger charge is 2.35. The summed E-state index contributed by atoms with van der Waals surface area (Å²) >= 11 is 1.90. The number of aromatic amines is 1. The number of anilines is 1. The largest absolute Gasteiger partial charge is 0.573 e. The number of aliphatic hydroxyl groups is 1. The smallest absolute Gasteiger partial charge is 0.497 e. The average Bonchev–Trinajstić information content (AvgIpc) is 3.37. The highest BCUT2D eigenvalue weighted by Crippen LogP contribution is 2.43. The molecule has 4 aromatic rings. The molecule has 0 aliphatic carbocycles. The molecule has 0 amide bonds. The van der Waals surface area contributed by atoms with E-state index in [1.54, 1.807) is 21.3 Å². The van der Waals surface area contributed by atoms with Gasteiger partial charge in [-0.25, -0.2) is 4.39 Å². The molecule has 1 atom stereocenters.